The Morgan fingerprint density at radius 3 is 1.80 bits per heavy atom. The van der Waals surface area contributed by atoms with Crippen molar-refractivity contribution >= 4 is 5.97 Å². The predicted molar refractivity (Wildman–Crippen MR) is 288 cm³/mol. The van der Waals surface area contributed by atoms with E-state index in [1.54, 1.807) is 0 Å². The van der Waals surface area contributed by atoms with Gasteiger partial charge in [-0.25, -0.2) is 0 Å². The van der Waals surface area contributed by atoms with E-state index in [0.717, 1.165) is 25.7 Å². The van der Waals surface area contributed by atoms with Crippen LogP contribution in [0.3, 0.4) is 0 Å². The fraction of sp³-hybridized carbons (Fsp3) is 0.949. The molecule has 10 rings (SSSR count). The van der Waals surface area contributed by atoms with Crippen molar-refractivity contribution < 1.29 is 129 Å². The Morgan fingerprint density at radius 1 is 0.553 bits per heavy atom. The average molecular weight is 1220 g/mol. The Kier molecular flexibility index (Phi) is 19.0. The van der Waals surface area contributed by atoms with Gasteiger partial charge in [0.1, 0.15) is 110 Å². The molecule has 9 fully saturated rings. The summed E-state index contributed by atoms with van der Waals surface area (Å²) in [5.74, 6) is -0.482. The van der Waals surface area contributed by atoms with Gasteiger partial charge in [-0.3, -0.25) is 4.79 Å². The number of hydrogen-bond donors (Lipinski definition) is 15. The number of aliphatic hydroxyl groups excluding tert-OH is 15. The van der Waals surface area contributed by atoms with Crippen LogP contribution < -0.4 is 0 Å². The Labute approximate surface area is 494 Å². The zero-order chi connectivity index (χ0) is 62.0. The number of hydrogen-bond acceptors (Lipinski definition) is 26. The lowest BCUT2D eigenvalue weighted by atomic mass is 9.33. The highest BCUT2D eigenvalue weighted by Gasteiger charge is 2.70. The molecule has 32 atom stereocenters. The van der Waals surface area contributed by atoms with Gasteiger partial charge in [-0.1, -0.05) is 60.1 Å². The molecule has 26 heteroatoms. The summed E-state index contributed by atoms with van der Waals surface area (Å²) < 4.78 is 59.0. The topological polar surface area (TPSA) is 413 Å². The minimum atomic E-state index is -1.89. The van der Waals surface area contributed by atoms with E-state index < -0.39 is 190 Å². The molecule has 5 saturated heterocycles. The number of esters is 1. The van der Waals surface area contributed by atoms with E-state index in [2.05, 4.69) is 54.5 Å². The third-order valence-corrected chi connectivity index (χ3v) is 23.1. The zero-order valence-corrected chi connectivity index (χ0v) is 49.8. The molecule has 85 heavy (non-hydrogen) atoms. The predicted octanol–water partition coefficient (Wildman–Crippen LogP) is -2.54. The maximum absolute atomic E-state index is 15.2. The summed E-state index contributed by atoms with van der Waals surface area (Å²) >= 11 is 0. The minimum absolute atomic E-state index is 0.156. The summed E-state index contributed by atoms with van der Waals surface area (Å²) in [6.07, 6.45) is -29.3. The second-order valence-electron chi connectivity index (χ2n) is 28.7. The standard InChI is InChI=1S/C59H96O26/c1-24-34(63)37(66)41(70)50(78-24)84-47-29(21-61)80-48(44(73)40(47)69)77-23-30-36(65)39(68)43(72)52(81-30)85-53(75)59-17-15-54(2,3)19-26(59)25-9-10-32-56(6)13-12-33(55(4,5)31(56)11-14-58(32,8)57(25,7)16-18-59)82-49-45(74)46(27(62)22-76-49)83-51-42(71)38(67)35(64)28(20-60)79-51/h9,24,26-52,60-74H,10-23H2,1-8H3/t24-,26-,27-,28+,29+,30+,31?,32?,33-,34-,35+,36+,37+,38-,39-,40+,41+,42+,43+,44+,45+,46-,47+,48+,49-,50-,51-,52-,56-,57+,58+,59-/m0/s1. The molecule has 0 aromatic heterocycles. The van der Waals surface area contributed by atoms with Gasteiger partial charge in [0.2, 0.25) is 6.29 Å². The van der Waals surface area contributed by atoms with Gasteiger partial charge in [-0.05, 0) is 116 Å². The van der Waals surface area contributed by atoms with Crippen LogP contribution in [0.4, 0.5) is 0 Å². The summed E-state index contributed by atoms with van der Waals surface area (Å²) in [4.78, 5) is 15.2. The number of carbonyl (C=O) groups is 1. The van der Waals surface area contributed by atoms with Gasteiger partial charge in [0.15, 0.2) is 25.2 Å². The van der Waals surface area contributed by atoms with Crippen molar-refractivity contribution in [2.75, 3.05) is 26.4 Å². The van der Waals surface area contributed by atoms with E-state index in [0.29, 0.717) is 38.5 Å². The Hall–Kier alpha value is -1.75. The fourth-order valence-corrected chi connectivity index (χ4v) is 17.6. The molecule has 0 aromatic carbocycles. The smallest absolute Gasteiger partial charge is 0.315 e. The number of aliphatic hydroxyl groups is 15. The highest BCUT2D eigenvalue weighted by atomic mass is 16.8. The summed E-state index contributed by atoms with van der Waals surface area (Å²) in [5.41, 5.74) is -1.17. The first-order valence-electron chi connectivity index (χ1n) is 30.6. The van der Waals surface area contributed by atoms with Gasteiger partial charge in [0.05, 0.1) is 44.1 Å². The quantitative estimate of drug-likeness (QED) is 0.0513. The van der Waals surface area contributed by atoms with E-state index in [4.69, 9.17) is 47.4 Å². The minimum Gasteiger partial charge on any atom is -0.432 e. The highest BCUT2D eigenvalue weighted by molar-refractivity contribution is 5.79. The average Bonchev–Trinajstić information content (AvgIpc) is 0.725. The van der Waals surface area contributed by atoms with Crippen molar-refractivity contribution in [3.8, 4) is 0 Å². The van der Waals surface area contributed by atoms with Gasteiger partial charge >= 0.3 is 5.97 Å². The van der Waals surface area contributed by atoms with Crippen molar-refractivity contribution in [3.63, 3.8) is 0 Å². The maximum Gasteiger partial charge on any atom is 0.315 e. The van der Waals surface area contributed by atoms with Crippen molar-refractivity contribution in [1.29, 1.82) is 0 Å². The van der Waals surface area contributed by atoms with Gasteiger partial charge in [-0.15, -0.1) is 0 Å². The second-order valence-corrected chi connectivity index (χ2v) is 28.7. The number of allylic oxidation sites excluding steroid dienone is 2. The van der Waals surface area contributed by atoms with Crippen LogP contribution in [0.15, 0.2) is 11.6 Å². The fourth-order valence-electron chi connectivity index (χ4n) is 17.6. The molecule has 5 aliphatic heterocycles. The summed E-state index contributed by atoms with van der Waals surface area (Å²) in [7, 11) is 0. The first kappa shape index (κ1) is 66.2. The number of fused-ring (bicyclic) bond motifs is 7. The third-order valence-electron chi connectivity index (χ3n) is 23.1. The molecular weight excluding hydrogens is 1120 g/mol. The van der Waals surface area contributed by atoms with Crippen LogP contribution in [0.2, 0.25) is 0 Å². The molecule has 0 amide bonds. The first-order chi connectivity index (χ1) is 39.8. The highest BCUT2D eigenvalue weighted by Crippen LogP contribution is 2.76. The Balaban J connectivity index is 0.812. The molecule has 0 spiro atoms. The van der Waals surface area contributed by atoms with Crippen molar-refractivity contribution in [2.24, 2.45) is 50.2 Å². The van der Waals surface area contributed by atoms with Crippen LogP contribution in [-0.4, -0.2) is 263 Å². The van der Waals surface area contributed by atoms with E-state index in [1.807, 2.05) is 0 Å². The molecule has 15 N–H and O–H groups in total. The van der Waals surface area contributed by atoms with E-state index in [-0.39, 0.29) is 46.0 Å². The van der Waals surface area contributed by atoms with Crippen LogP contribution in [0.1, 0.15) is 120 Å². The van der Waals surface area contributed by atoms with Crippen molar-refractivity contribution in [1.82, 2.24) is 0 Å². The lowest BCUT2D eigenvalue weighted by Gasteiger charge is -2.71. The molecular formula is C59H96O26. The van der Waals surface area contributed by atoms with Crippen molar-refractivity contribution in [2.45, 2.75) is 273 Å². The van der Waals surface area contributed by atoms with E-state index in [1.165, 1.54) is 12.5 Å². The normalized spacial score (nSPS) is 54.1. The zero-order valence-electron chi connectivity index (χ0n) is 49.8. The molecule has 0 bridgehead atoms. The number of ether oxygens (including phenoxy) is 10. The van der Waals surface area contributed by atoms with E-state index >= 15 is 4.79 Å². The molecule has 0 aromatic rings. The van der Waals surface area contributed by atoms with Gasteiger partial charge < -0.3 is 124 Å². The van der Waals surface area contributed by atoms with E-state index in [9.17, 15) is 76.6 Å². The lowest BCUT2D eigenvalue weighted by molar-refractivity contribution is -0.361. The maximum atomic E-state index is 15.2. The monoisotopic (exact) mass is 1220 g/mol. The second kappa shape index (κ2) is 24.4. The molecule has 26 nitrogen and oxygen atoms in total. The van der Waals surface area contributed by atoms with Crippen LogP contribution in [0.5, 0.6) is 0 Å². The van der Waals surface area contributed by atoms with Gasteiger partial charge in [0, 0.05) is 0 Å². The molecule has 5 heterocycles. The lowest BCUT2D eigenvalue weighted by Crippen LogP contribution is -2.66. The molecule has 2 unspecified atom stereocenters. The Bertz CT molecular complexity index is 2360. The molecule has 10 aliphatic rings. The van der Waals surface area contributed by atoms with Crippen LogP contribution in [-0.2, 0) is 52.2 Å². The first-order valence-corrected chi connectivity index (χ1v) is 30.6. The molecule has 5 aliphatic carbocycles. The number of carbonyl (C=O) groups excluding carboxylic acids is 1. The van der Waals surface area contributed by atoms with Crippen molar-refractivity contribution in [3.05, 3.63) is 11.6 Å². The van der Waals surface area contributed by atoms with Gasteiger partial charge in [0.25, 0.3) is 0 Å². The summed E-state index contributed by atoms with van der Waals surface area (Å²) in [6, 6.07) is 0. The molecule has 488 valence electrons. The molecule has 4 saturated carbocycles. The SMILES string of the molecule is C[C@@H]1O[C@@H](O[C@H]2[C@H](O)[C@@H](O)[C@H](OC[C@H]3O[C@@H](OC(=O)[C@]45CCC(C)(C)C[C@H]4C4=CCC6[C@@]7(C)CC[C@H](O[C@@H]8OC[C@H](O)[C@H](O[C@@H]9O[C@H](CO)[C@@H](O)[C@H](O)[C@H]9O)[C@H]8O)C(C)(C)C7CC[C@@]6(C)[C@]4(C)CC5)[C@H](O)[C@@H](O)[C@@H]3O)O[C@@H]2CO)[C@H](O)[C@H](O)[C@H]1O. The van der Waals surface area contributed by atoms with Crippen LogP contribution >= 0.6 is 0 Å². The largest absolute Gasteiger partial charge is 0.432 e. The summed E-state index contributed by atoms with van der Waals surface area (Å²) in [5, 5.41) is 161. The number of rotatable bonds is 13. The van der Waals surface area contributed by atoms with Gasteiger partial charge in [-0.2, -0.15) is 0 Å². The van der Waals surface area contributed by atoms with Crippen LogP contribution in [0, 0.1) is 50.2 Å². The van der Waals surface area contributed by atoms with Crippen LogP contribution in [0.25, 0.3) is 0 Å². The third kappa shape index (κ3) is 11.2. The summed E-state index contributed by atoms with van der Waals surface area (Å²) in [6.45, 7) is 15.0. The Morgan fingerprint density at radius 2 is 1.13 bits per heavy atom. The molecule has 0 radical (unpaired) electrons.